The predicted molar refractivity (Wildman–Crippen MR) is 304 cm³/mol. The molecule has 0 N–H and O–H groups in total. The standard InChI is InChI=1S/C58H76N2O2S6/c1-7-13-17-19-21-23-27-41-33-47-51(63-41)35-49(67-47)43-29-31-45(65-43)55-53-54(58(62)59(55)37-39(11-5)25-15-9-3)56(60(57(53)61)38-40(12-6)26-16-10-4)46-32-30-44(66-46)50-36-52-48(68-50)34-42(64-52)28-24-22-20-18-14-8-2/h29-36,39-40H,7-28,37-38H2,1-6H3. The quantitative estimate of drug-likeness (QED) is 0.0422. The Hall–Kier alpha value is -2.86. The fourth-order valence-corrected chi connectivity index (χ4v) is 17.4. The summed E-state index contributed by atoms with van der Waals surface area (Å²) in [5.74, 6) is 0.740. The van der Waals surface area contributed by atoms with Crippen LogP contribution in [0.2, 0.25) is 0 Å². The number of rotatable bonds is 30. The maximum absolute atomic E-state index is 15.4. The molecular formula is C58H76N2O2S6. The number of amides is 2. The Morgan fingerprint density at radius 3 is 1.15 bits per heavy atom. The molecule has 68 heavy (non-hydrogen) atoms. The molecule has 2 amide bonds. The van der Waals surface area contributed by atoms with Gasteiger partial charge in [0.15, 0.2) is 0 Å². The van der Waals surface area contributed by atoms with E-state index in [-0.39, 0.29) is 11.8 Å². The van der Waals surface area contributed by atoms with Crippen molar-refractivity contribution in [2.75, 3.05) is 13.1 Å². The van der Waals surface area contributed by atoms with Gasteiger partial charge in [0.1, 0.15) is 0 Å². The number of carbonyl (C=O) groups excluding carboxylic acids is 2. The van der Waals surface area contributed by atoms with Crippen LogP contribution in [0.15, 0.2) is 59.7 Å². The molecule has 0 saturated carbocycles. The molecule has 0 aliphatic carbocycles. The van der Waals surface area contributed by atoms with Gasteiger partial charge in [-0.1, -0.05) is 144 Å². The highest BCUT2D eigenvalue weighted by Gasteiger charge is 2.50. The lowest BCUT2D eigenvalue weighted by Gasteiger charge is -2.29. The number of carbonyl (C=O) groups is 2. The molecule has 2 unspecified atom stereocenters. The zero-order chi connectivity index (χ0) is 47.6. The van der Waals surface area contributed by atoms with Crippen molar-refractivity contribution < 1.29 is 9.59 Å². The van der Waals surface area contributed by atoms with E-state index in [1.807, 2.05) is 55.1 Å². The Labute approximate surface area is 432 Å². The second kappa shape index (κ2) is 25.0. The highest BCUT2D eigenvalue weighted by molar-refractivity contribution is 7.32. The summed E-state index contributed by atoms with van der Waals surface area (Å²) < 4.78 is 5.49. The first-order chi connectivity index (χ1) is 33.3. The van der Waals surface area contributed by atoms with Gasteiger partial charge in [-0.3, -0.25) is 9.59 Å². The van der Waals surface area contributed by atoms with E-state index >= 15 is 9.59 Å². The summed E-state index contributed by atoms with van der Waals surface area (Å²) in [7, 11) is 0. The van der Waals surface area contributed by atoms with Gasteiger partial charge in [0.25, 0.3) is 11.8 Å². The molecule has 0 spiro atoms. The molecule has 6 aromatic rings. The van der Waals surface area contributed by atoms with Gasteiger partial charge in [0, 0.05) is 61.2 Å². The van der Waals surface area contributed by atoms with Crippen molar-refractivity contribution in [2.45, 2.75) is 183 Å². The van der Waals surface area contributed by atoms with Crippen molar-refractivity contribution in [2.24, 2.45) is 11.8 Å². The third-order valence-electron chi connectivity index (χ3n) is 14.4. The number of hydrogen-bond acceptors (Lipinski definition) is 8. The minimum Gasteiger partial charge on any atom is -0.306 e. The van der Waals surface area contributed by atoms with E-state index in [1.165, 1.54) is 138 Å². The summed E-state index contributed by atoms with van der Waals surface area (Å²) in [4.78, 5) is 45.0. The zero-order valence-electron chi connectivity index (χ0n) is 41.9. The van der Waals surface area contributed by atoms with Crippen LogP contribution in [0.1, 0.15) is 189 Å². The number of nitrogens with zero attached hydrogens (tertiary/aromatic N) is 2. The second-order valence-corrected chi connectivity index (χ2v) is 26.3. The maximum Gasteiger partial charge on any atom is 0.261 e. The van der Waals surface area contributed by atoms with Gasteiger partial charge in [0.05, 0.1) is 32.3 Å². The van der Waals surface area contributed by atoms with Crippen LogP contribution in [0, 0.1) is 11.8 Å². The third-order valence-corrected chi connectivity index (χ3v) is 21.7. The summed E-state index contributed by atoms with van der Waals surface area (Å²) in [6, 6.07) is 18.5. The van der Waals surface area contributed by atoms with Crippen molar-refractivity contribution in [3.63, 3.8) is 0 Å². The Morgan fingerprint density at radius 1 is 0.397 bits per heavy atom. The molecule has 0 bridgehead atoms. The average molecular weight is 1030 g/mol. The van der Waals surface area contributed by atoms with E-state index in [0.717, 1.165) is 72.5 Å². The largest absolute Gasteiger partial charge is 0.306 e. The predicted octanol–water partition coefficient (Wildman–Crippen LogP) is 19.7. The zero-order valence-corrected chi connectivity index (χ0v) is 46.8. The van der Waals surface area contributed by atoms with Crippen molar-refractivity contribution in [1.82, 2.24) is 9.80 Å². The molecule has 0 aromatic carbocycles. The topological polar surface area (TPSA) is 40.6 Å². The molecule has 366 valence electrons. The molecule has 10 heteroatoms. The van der Waals surface area contributed by atoms with Gasteiger partial charge in [-0.25, -0.2) is 0 Å². The van der Waals surface area contributed by atoms with Crippen LogP contribution in [0.25, 0.3) is 49.7 Å². The molecule has 0 saturated heterocycles. The normalized spacial score (nSPS) is 15.2. The maximum atomic E-state index is 15.4. The highest BCUT2D eigenvalue weighted by atomic mass is 32.1. The first-order valence-electron chi connectivity index (χ1n) is 26.7. The summed E-state index contributed by atoms with van der Waals surface area (Å²) >= 11 is 11.2. The van der Waals surface area contributed by atoms with Crippen LogP contribution < -0.4 is 0 Å². The van der Waals surface area contributed by atoms with Crippen LogP contribution >= 0.6 is 68.0 Å². The summed E-state index contributed by atoms with van der Waals surface area (Å²) in [6.07, 6.45) is 27.0. The summed E-state index contributed by atoms with van der Waals surface area (Å²) in [6.45, 7) is 14.9. The lowest BCUT2D eigenvalue weighted by Crippen LogP contribution is -2.34. The van der Waals surface area contributed by atoms with E-state index in [4.69, 9.17) is 0 Å². The number of thiophene rings is 6. The van der Waals surface area contributed by atoms with Crippen molar-refractivity contribution in [1.29, 1.82) is 0 Å². The minimum atomic E-state index is 0.00589. The van der Waals surface area contributed by atoms with Gasteiger partial charge in [-0.2, -0.15) is 0 Å². The molecule has 2 aliphatic heterocycles. The van der Waals surface area contributed by atoms with Gasteiger partial charge in [0.2, 0.25) is 0 Å². The fraction of sp³-hybridized carbons (Fsp3) is 0.552. The molecule has 8 heterocycles. The van der Waals surface area contributed by atoms with E-state index in [9.17, 15) is 0 Å². The van der Waals surface area contributed by atoms with E-state index < -0.39 is 0 Å². The number of aryl methyl sites for hydroxylation is 2. The van der Waals surface area contributed by atoms with E-state index in [0.29, 0.717) is 36.1 Å². The Balaban J connectivity index is 1.13. The van der Waals surface area contributed by atoms with Crippen LogP contribution in [0.4, 0.5) is 0 Å². The van der Waals surface area contributed by atoms with Crippen LogP contribution in [-0.2, 0) is 22.4 Å². The molecule has 0 fully saturated rings. The third kappa shape index (κ3) is 11.9. The van der Waals surface area contributed by atoms with Gasteiger partial charge in [-0.15, -0.1) is 68.0 Å². The van der Waals surface area contributed by atoms with Crippen LogP contribution in [0.5, 0.6) is 0 Å². The highest BCUT2D eigenvalue weighted by Crippen LogP contribution is 2.52. The van der Waals surface area contributed by atoms with Crippen LogP contribution in [-0.4, -0.2) is 34.7 Å². The Bertz CT molecular complexity index is 2410. The first kappa shape index (κ1) is 51.5. The molecule has 8 rings (SSSR count). The van der Waals surface area contributed by atoms with Gasteiger partial charge >= 0.3 is 0 Å². The van der Waals surface area contributed by atoms with E-state index in [2.05, 4.69) is 90.1 Å². The van der Waals surface area contributed by atoms with Gasteiger partial charge < -0.3 is 9.80 Å². The second-order valence-electron chi connectivity index (χ2n) is 19.6. The monoisotopic (exact) mass is 1020 g/mol. The fourth-order valence-electron chi connectivity index (χ4n) is 10.2. The average Bonchev–Trinajstić information content (AvgIpc) is 4.21. The molecule has 4 nitrogen and oxygen atoms in total. The lowest BCUT2D eigenvalue weighted by molar-refractivity contribution is -0.124. The van der Waals surface area contributed by atoms with E-state index in [1.54, 1.807) is 22.7 Å². The molecule has 0 radical (unpaired) electrons. The number of hydrogen-bond donors (Lipinski definition) is 0. The van der Waals surface area contributed by atoms with Crippen molar-refractivity contribution in [3.05, 3.63) is 79.2 Å². The molecule has 2 aliphatic rings. The smallest absolute Gasteiger partial charge is 0.261 e. The number of fused-ring (bicyclic) bond motifs is 3. The Kier molecular flexibility index (Phi) is 18.9. The lowest BCUT2D eigenvalue weighted by atomic mass is 9.98. The van der Waals surface area contributed by atoms with Crippen molar-refractivity contribution in [3.8, 4) is 19.5 Å². The van der Waals surface area contributed by atoms with Crippen LogP contribution in [0.3, 0.4) is 0 Å². The first-order valence-corrected chi connectivity index (χ1v) is 31.6. The summed E-state index contributed by atoms with van der Waals surface area (Å²) in [5, 5.41) is 0. The Morgan fingerprint density at radius 2 is 0.765 bits per heavy atom. The van der Waals surface area contributed by atoms with Gasteiger partial charge in [-0.05, 0) is 98.9 Å². The molecular weight excluding hydrogens is 949 g/mol. The summed E-state index contributed by atoms with van der Waals surface area (Å²) in [5.41, 5.74) is 2.94. The molecule has 2 atom stereocenters. The SMILES string of the molecule is CCCCCCCCc1cc2sc(-c3ccc(C4=C5C(=O)N(CC(CC)CCCC)C(c6ccc(-c7cc8sc(CCCCCCCC)cc8s7)s6)=C5C(=O)N4CC(CC)CCCC)s3)cc2s1. The molecule has 6 aromatic heterocycles. The minimum absolute atomic E-state index is 0.00589. The number of unbranched alkanes of at least 4 members (excludes halogenated alkanes) is 12. The van der Waals surface area contributed by atoms with Crippen molar-refractivity contribution >= 4 is 110 Å².